The number of carboxylic acid groups (broad SMARTS) is 1. The van der Waals surface area contributed by atoms with Crippen LogP contribution in [0.25, 0.3) is 0 Å². The van der Waals surface area contributed by atoms with E-state index in [-0.39, 0.29) is 36.7 Å². The molecule has 0 bridgehead atoms. The summed E-state index contributed by atoms with van der Waals surface area (Å²) in [5.41, 5.74) is 5.29. The number of carbonyl (C=O) groups is 2. The lowest BCUT2D eigenvalue weighted by Crippen LogP contribution is -2.31. The van der Waals surface area contributed by atoms with Crippen LogP contribution in [0.4, 0.5) is 0 Å². The Hall–Kier alpha value is -2.88. The molecule has 3 N–H and O–H groups in total. The van der Waals surface area contributed by atoms with Crippen molar-refractivity contribution in [1.82, 2.24) is 0 Å². The van der Waals surface area contributed by atoms with Gasteiger partial charge in [0.25, 0.3) is 5.09 Å². The van der Waals surface area contributed by atoms with Crippen molar-refractivity contribution in [1.29, 1.82) is 0 Å². The molecule has 0 fully saturated rings. The Morgan fingerprint density at radius 3 is 2.61 bits per heavy atom. The van der Waals surface area contributed by atoms with E-state index in [1.807, 2.05) is 0 Å². The number of nitrogens with zero attached hydrogens (tertiary/aromatic N) is 1. The van der Waals surface area contributed by atoms with Gasteiger partial charge < -0.3 is 25.2 Å². The molecule has 0 aliphatic rings. The van der Waals surface area contributed by atoms with Gasteiger partial charge in [0.15, 0.2) is 11.5 Å². The number of rotatable bonds is 9. The van der Waals surface area contributed by atoms with Crippen LogP contribution < -0.4 is 15.2 Å². The Morgan fingerprint density at radius 2 is 2.04 bits per heavy atom. The fourth-order valence-corrected chi connectivity index (χ4v) is 1.42. The molecule has 0 saturated carbocycles. The predicted molar refractivity (Wildman–Crippen MR) is 75.7 cm³/mol. The van der Waals surface area contributed by atoms with Crippen LogP contribution >= 0.6 is 0 Å². The molecule has 0 unspecified atom stereocenters. The van der Waals surface area contributed by atoms with Crippen molar-refractivity contribution in [2.45, 2.75) is 19.4 Å². The van der Waals surface area contributed by atoms with Crippen LogP contribution in [0.3, 0.4) is 0 Å². The second-order valence-electron chi connectivity index (χ2n) is 4.44. The van der Waals surface area contributed by atoms with Crippen molar-refractivity contribution in [2.24, 2.45) is 5.73 Å². The smallest absolute Gasteiger partial charge is 0.335 e. The summed E-state index contributed by atoms with van der Waals surface area (Å²) < 4.78 is 10.3. The Kier molecular flexibility index (Phi) is 6.74. The van der Waals surface area contributed by atoms with Crippen LogP contribution in [-0.4, -0.2) is 41.4 Å². The zero-order valence-electron chi connectivity index (χ0n) is 12.3. The highest BCUT2D eigenvalue weighted by atomic mass is 16.9. The highest BCUT2D eigenvalue weighted by Gasteiger charge is 2.16. The molecule has 0 amide bonds. The van der Waals surface area contributed by atoms with Crippen molar-refractivity contribution < 1.29 is 34.1 Å². The van der Waals surface area contributed by atoms with Gasteiger partial charge in [-0.3, -0.25) is 0 Å². The Morgan fingerprint density at radius 1 is 1.35 bits per heavy atom. The lowest BCUT2D eigenvalue weighted by atomic mass is 10.2. The molecule has 0 saturated heterocycles. The molecule has 10 nitrogen and oxygen atoms in total. The maximum Gasteiger partial charge on any atom is 0.335 e. The third-order valence-electron chi connectivity index (χ3n) is 2.52. The van der Waals surface area contributed by atoms with Gasteiger partial charge in [-0.25, -0.2) is 9.59 Å². The van der Waals surface area contributed by atoms with E-state index in [4.69, 9.17) is 20.3 Å². The van der Waals surface area contributed by atoms with Crippen LogP contribution in [-0.2, 0) is 9.63 Å². The van der Waals surface area contributed by atoms with E-state index in [0.717, 1.165) is 6.07 Å². The summed E-state index contributed by atoms with van der Waals surface area (Å²) in [6, 6.07) is 2.83. The van der Waals surface area contributed by atoms with Crippen LogP contribution in [0.5, 0.6) is 11.5 Å². The second kappa shape index (κ2) is 8.54. The maximum atomic E-state index is 11.6. The third kappa shape index (κ3) is 6.18. The molecule has 1 aromatic rings. The number of hydrogen-bond acceptors (Lipinski definition) is 8. The molecular formula is C13H16N2O8. The van der Waals surface area contributed by atoms with Crippen molar-refractivity contribution in [2.75, 3.05) is 13.2 Å². The molecular weight excluding hydrogens is 312 g/mol. The molecule has 0 heterocycles. The zero-order valence-corrected chi connectivity index (χ0v) is 12.3. The molecule has 0 aromatic heterocycles. The number of carbonyl (C=O) groups excluding carboxylic acids is 1. The van der Waals surface area contributed by atoms with E-state index in [2.05, 4.69) is 4.84 Å². The molecule has 0 aliphatic carbocycles. The van der Waals surface area contributed by atoms with E-state index in [1.165, 1.54) is 19.1 Å². The van der Waals surface area contributed by atoms with Gasteiger partial charge >= 0.3 is 11.9 Å². The molecule has 1 rings (SSSR count). The maximum absolute atomic E-state index is 11.6. The van der Waals surface area contributed by atoms with Crippen LogP contribution in [0.2, 0.25) is 0 Å². The fourth-order valence-electron chi connectivity index (χ4n) is 1.42. The Labute approximate surface area is 130 Å². The van der Waals surface area contributed by atoms with Crippen LogP contribution in [0.1, 0.15) is 23.7 Å². The highest BCUT2D eigenvalue weighted by molar-refractivity contribution is 5.89. The van der Waals surface area contributed by atoms with E-state index < -0.39 is 23.1 Å². The number of nitrogens with two attached hydrogens (primary N) is 1. The van der Waals surface area contributed by atoms with Gasteiger partial charge in [0, 0.05) is 6.42 Å². The monoisotopic (exact) mass is 328 g/mol. The number of aromatic carboxylic acids is 1. The minimum Gasteiger partial charge on any atom is -0.490 e. The quantitative estimate of drug-likeness (QED) is 0.218. The molecule has 10 heteroatoms. The van der Waals surface area contributed by atoms with Gasteiger partial charge in [-0.05, 0) is 25.1 Å². The number of benzene rings is 1. The average molecular weight is 328 g/mol. The summed E-state index contributed by atoms with van der Waals surface area (Å²) >= 11 is 0. The molecule has 1 aromatic carbocycles. The summed E-state index contributed by atoms with van der Waals surface area (Å²) in [6.45, 7) is 1.30. The predicted octanol–water partition coefficient (Wildman–Crippen LogP) is 0.615. The Bertz CT molecular complexity index is 587. The van der Waals surface area contributed by atoms with Gasteiger partial charge in [-0.15, -0.1) is 10.1 Å². The summed E-state index contributed by atoms with van der Waals surface area (Å²) in [7, 11) is 0. The number of hydrogen-bond donors (Lipinski definition) is 2. The lowest BCUT2D eigenvalue weighted by Gasteiger charge is -2.13. The topological polar surface area (TPSA) is 151 Å². The van der Waals surface area contributed by atoms with Crippen molar-refractivity contribution >= 4 is 11.9 Å². The summed E-state index contributed by atoms with van der Waals surface area (Å²) in [5.74, 6) is -1.93. The van der Waals surface area contributed by atoms with Crippen molar-refractivity contribution in [3.8, 4) is 11.5 Å². The van der Waals surface area contributed by atoms with Gasteiger partial charge in [0.05, 0.1) is 18.8 Å². The van der Waals surface area contributed by atoms with Gasteiger partial charge in [0.1, 0.15) is 6.04 Å². The van der Waals surface area contributed by atoms with E-state index in [0.29, 0.717) is 0 Å². The minimum atomic E-state index is -1.20. The third-order valence-corrected chi connectivity index (χ3v) is 2.52. The lowest BCUT2D eigenvalue weighted by molar-refractivity contribution is -0.757. The minimum absolute atomic E-state index is 0.0446. The first-order valence-electron chi connectivity index (χ1n) is 6.56. The average Bonchev–Trinajstić information content (AvgIpc) is 2.47. The van der Waals surface area contributed by atoms with E-state index in [9.17, 15) is 19.7 Å². The largest absolute Gasteiger partial charge is 0.490 e. The summed E-state index contributed by atoms with van der Waals surface area (Å²) in [6.07, 6.45) is 0.211. The fraction of sp³-hybridized carbons (Fsp3) is 0.385. The first kappa shape index (κ1) is 18.2. The Balaban J connectivity index is 2.77. The normalized spacial score (nSPS) is 11.4. The number of esters is 1. The van der Waals surface area contributed by atoms with Crippen LogP contribution in [0.15, 0.2) is 18.2 Å². The molecule has 0 aliphatic heterocycles. The van der Waals surface area contributed by atoms with Gasteiger partial charge in [-0.1, -0.05) is 0 Å². The molecule has 23 heavy (non-hydrogen) atoms. The molecule has 0 spiro atoms. The molecule has 0 radical (unpaired) electrons. The standard InChI is InChI=1S/C13H16N2O8/c1-8(14)13(18)23-11-7-9(12(16)17)3-4-10(11)21-5-2-6-22-15(19)20/h3-4,7-8H,2,5-6,14H2,1H3,(H,16,17)/t8-/m0/s1. The summed E-state index contributed by atoms with van der Waals surface area (Å²) in [4.78, 5) is 36.6. The van der Waals surface area contributed by atoms with Gasteiger partial charge in [0.2, 0.25) is 0 Å². The number of ether oxygens (including phenoxy) is 2. The second-order valence-corrected chi connectivity index (χ2v) is 4.44. The van der Waals surface area contributed by atoms with Crippen molar-refractivity contribution in [3.05, 3.63) is 33.9 Å². The van der Waals surface area contributed by atoms with Gasteiger partial charge in [-0.2, -0.15) is 0 Å². The number of carboxylic acids is 1. The van der Waals surface area contributed by atoms with Crippen LogP contribution in [0, 0.1) is 10.1 Å². The first-order valence-corrected chi connectivity index (χ1v) is 6.56. The molecule has 126 valence electrons. The van der Waals surface area contributed by atoms with Crippen molar-refractivity contribution in [3.63, 3.8) is 0 Å². The van der Waals surface area contributed by atoms with E-state index in [1.54, 1.807) is 0 Å². The zero-order chi connectivity index (χ0) is 17.4. The highest BCUT2D eigenvalue weighted by Crippen LogP contribution is 2.29. The molecule has 1 atom stereocenters. The first-order chi connectivity index (χ1) is 10.8. The summed E-state index contributed by atoms with van der Waals surface area (Å²) in [5, 5.41) is 18.0. The van der Waals surface area contributed by atoms with E-state index >= 15 is 0 Å². The SMILES string of the molecule is C[C@H](N)C(=O)Oc1cc(C(=O)O)ccc1OCCCO[N+](=O)[O-].